The van der Waals surface area contributed by atoms with Gasteiger partial charge in [0.05, 0.1) is 5.52 Å². The van der Waals surface area contributed by atoms with Crippen LogP contribution in [-0.2, 0) is 6.54 Å². The molecule has 1 aromatic heterocycles. The van der Waals surface area contributed by atoms with E-state index in [4.69, 9.17) is 11.6 Å². The van der Waals surface area contributed by atoms with Gasteiger partial charge in [0.2, 0.25) is 5.43 Å². The van der Waals surface area contributed by atoms with Crippen LogP contribution in [-0.4, -0.2) is 15.6 Å². The van der Waals surface area contributed by atoms with E-state index in [1.165, 1.54) is 6.20 Å². The number of hydrogen-bond donors (Lipinski definition) is 1. The summed E-state index contributed by atoms with van der Waals surface area (Å²) >= 11 is 6.00. The van der Waals surface area contributed by atoms with Crippen molar-refractivity contribution in [3.05, 3.63) is 44.7 Å². The Balaban J connectivity index is 2.37. The second-order valence-corrected chi connectivity index (χ2v) is 5.83. The number of fused-ring (bicyclic) bond motifs is 1. The van der Waals surface area contributed by atoms with E-state index in [1.807, 2.05) is 11.5 Å². The lowest BCUT2D eigenvalue weighted by atomic mass is 10.1. The molecular formula is C15H14ClNO3. The van der Waals surface area contributed by atoms with Gasteiger partial charge in [0.25, 0.3) is 0 Å². The predicted molar refractivity (Wildman–Crippen MR) is 77.6 cm³/mol. The number of carboxylic acid groups (broad SMARTS) is 1. The topological polar surface area (TPSA) is 59.3 Å². The molecule has 2 aromatic rings. The van der Waals surface area contributed by atoms with E-state index < -0.39 is 11.4 Å². The first kappa shape index (κ1) is 13.2. The van der Waals surface area contributed by atoms with E-state index in [0.717, 1.165) is 30.5 Å². The molecule has 0 atom stereocenters. The van der Waals surface area contributed by atoms with Crippen LogP contribution in [0.2, 0.25) is 5.02 Å². The number of hydrogen-bond acceptors (Lipinski definition) is 2. The standard InChI is InChI=1S/C15H14ClNO3/c1-8-4-10(16)5-11-13(8)17(6-9-2-3-9)7-12(14(11)18)15(19)20/h4-5,7,9H,2-3,6H2,1H3,(H,19,20). The molecule has 3 rings (SSSR count). The maximum atomic E-state index is 12.3. The number of carboxylic acids is 1. The Kier molecular flexibility index (Phi) is 3.05. The Bertz CT molecular complexity index is 775. The average Bonchev–Trinajstić information content (AvgIpc) is 3.15. The van der Waals surface area contributed by atoms with Crippen LogP contribution in [0.3, 0.4) is 0 Å². The van der Waals surface area contributed by atoms with Gasteiger partial charge in [0, 0.05) is 23.2 Å². The lowest BCUT2D eigenvalue weighted by molar-refractivity contribution is 0.0694. The fourth-order valence-corrected chi connectivity index (χ4v) is 2.86. The van der Waals surface area contributed by atoms with Crippen LogP contribution in [0.1, 0.15) is 28.8 Å². The summed E-state index contributed by atoms with van der Waals surface area (Å²) in [6.07, 6.45) is 3.78. The summed E-state index contributed by atoms with van der Waals surface area (Å²) in [6, 6.07) is 3.36. The van der Waals surface area contributed by atoms with Crippen molar-refractivity contribution in [3.8, 4) is 0 Å². The zero-order chi connectivity index (χ0) is 14.4. The number of carbonyl (C=O) groups is 1. The molecule has 0 aliphatic heterocycles. The summed E-state index contributed by atoms with van der Waals surface area (Å²) in [4.78, 5) is 23.5. The number of pyridine rings is 1. The first-order valence-electron chi connectivity index (χ1n) is 6.54. The second kappa shape index (κ2) is 4.63. The summed E-state index contributed by atoms with van der Waals surface area (Å²) < 4.78 is 1.89. The highest BCUT2D eigenvalue weighted by molar-refractivity contribution is 6.31. The molecule has 1 aromatic carbocycles. The fourth-order valence-electron chi connectivity index (χ4n) is 2.59. The summed E-state index contributed by atoms with van der Waals surface area (Å²) in [5.74, 6) is -0.614. The molecule has 1 aliphatic rings. The molecule has 0 amide bonds. The normalized spacial score (nSPS) is 14.7. The van der Waals surface area contributed by atoms with Crippen LogP contribution >= 0.6 is 11.6 Å². The molecule has 5 heteroatoms. The number of aromatic nitrogens is 1. The lowest BCUT2D eigenvalue weighted by Gasteiger charge is -2.14. The molecule has 104 valence electrons. The highest BCUT2D eigenvalue weighted by atomic mass is 35.5. The maximum Gasteiger partial charge on any atom is 0.341 e. The number of nitrogens with zero attached hydrogens (tertiary/aromatic N) is 1. The third kappa shape index (κ3) is 2.20. The first-order chi connectivity index (χ1) is 9.47. The molecule has 0 saturated heterocycles. The van der Waals surface area contributed by atoms with E-state index in [0.29, 0.717) is 16.3 Å². The summed E-state index contributed by atoms with van der Waals surface area (Å²) in [7, 11) is 0. The minimum atomic E-state index is -1.20. The molecule has 1 fully saturated rings. The van der Waals surface area contributed by atoms with E-state index in [1.54, 1.807) is 12.1 Å². The molecule has 20 heavy (non-hydrogen) atoms. The molecule has 0 bridgehead atoms. The molecule has 1 saturated carbocycles. The second-order valence-electron chi connectivity index (χ2n) is 5.39. The molecule has 0 spiro atoms. The van der Waals surface area contributed by atoms with Crippen LogP contribution in [0.5, 0.6) is 0 Å². The van der Waals surface area contributed by atoms with Crippen LogP contribution in [0, 0.1) is 12.8 Å². The zero-order valence-corrected chi connectivity index (χ0v) is 11.8. The Morgan fingerprint density at radius 2 is 2.15 bits per heavy atom. The molecular weight excluding hydrogens is 278 g/mol. The number of aromatic carboxylic acids is 1. The largest absolute Gasteiger partial charge is 0.477 e. The smallest absolute Gasteiger partial charge is 0.341 e. The van der Waals surface area contributed by atoms with Gasteiger partial charge in [-0.1, -0.05) is 11.6 Å². The Morgan fingerprint density at radius 1 is 1.45 bits per heavy atom. The average molecular weight is 292 g/mol. The Morgan fingerprint density at radius 3 is 2.75 bits per heavy atom. The van der Waals surface area contributed by atoms with Crippen molar-refractivity contribution in [2.75, 3.05) is 0 Å². The lowest BCUT2D eigenvalue weighted by Crippen LogP contribution is -2.20. The van der Waals surface area contributed by atoms with Gasteiger partial charge >= 0.3 is 5.97 Å². The van der Waals surface area contributed by atoms with Gasteiger partial charge in [-0.15, -0.1) is 0 Å². The molecule has 4 nitrogen and oxygen atoms in total. The SMILES string of the molecule is Cc1cc(Cl)cc2c(=O)c(C(=O)O)cn(CC3CC3)c12. The van der Waals surface area contributed by atoms with Crippen LogP contribution in [0.4, 0.5) is 0 Å². The monoisotopic (exact) mass is 291 g/mol. The van der Waals surface area contributed by atoms with Crippen molar-refractivity contribution < 1.29 is 9.90 Å². The number of benzene rings is 1. The Hall–Kier alpha value is -1.81. The van der Waals surface area contributed by atoms with E-state index in [9.17, 15) is 14.7 Å². The van der Waals surface area contributed by atoms with Crippen LogP contribution < -0.4 is 5.43 Å². The maximum absolute atomic E-state index is 12.3. The van der Waals surface area contributed by atoms with Crippen molar-refractivity contribution in [2.45, 2.75) is 26.3 Å². The highest BCUT2D eigenvalue weighted by Gasteiger charge is 2.24. The minimum Gasteiger partial charge on any atom is -0.477 e. The van der Waals surface area contributed by atoms with Gasteiger partial charge in [-0.3, -0.25) is 4.79 Å². The molecule has 1 N–H and O–H groups in total. The number of aryl methyl sites for hydroxylation is 1. The van der Waals surface area contributed by atoms with Gasteiger partial charge in [-0.05, 0) is 43.4 Å². The van der Waals surface area contributed by atoms with E-state index in [-0.39, 0.29) is 5.56 Å². The van der Waals surface area contributed by atoms with E-state index in [2.05, 4.69) is 0 Å². The molecule has 1 heterocycles. The van der Waals surface area contributed by atoms with Gasteiger partial charge in [-0.2, -0.15) is 0 Å². The third-order valence-corrected chi connectivity index (χ3v) is 3.93. The zero-order valence-electron chi connectivity index (χ0n) is 11.0. The van der Waals surface area contributed by atoms with Crippen molar-refractivity contribution in [3.63, 3.8) is 0 Å². The van der Waals surface area contributed by atoms with Gasteiger partial charge in [0.1, 0.15) is 5.56 Å². The van der Waals surface area contributed by atoms with Crippen molar-refractivity contribution in [1.82, 2.24) is 4.57 Å². The van der Waals surface area contributed by atoms with Crippen LogP contribution in [0.25, 0.3) is 10.9 Å². The third-order valence-electron chi connectivity index (χ3n) is 3.71. The predicted octanol–water partition coefficient (Wildman–Crippen LogP) is 3.07. The van der Waals surface area contributed by atoms with Crippen molar-refractivity contribution in [1.29, 1.82) is 0 Å². The van der Waals surface area contributed by atoms with Crippen LogP contribution in [0.15, 0.2) is 23.1 Å². The highest BCUT2D eigenvalue weighted by Crippen LogP contribution is 2.32. The summed E-state index contributed by atoms with van der Waals surface area (Å²) in [5.41, 5.74) is 1.02. The number of rotatable bonds is 3. The van der Waals surface area contributed by atoms with Gasteiger partial charge in [-0.25, -0.2) is 4.79 Å². The fraction of sp³-hybridized carbons (Fsp3) is 0.333. The summed E-state index contributed by atoms with van der Waals surface area (Å²) in [5, 5.41) is 10.0. The minimum absolute atomic E-state index is 0.195. The van der Waals surface area contributed by atoms with Gasteiger partial charge < -0.3 is 9.67 Å². The van der Waals surface area contributed by atoms with Crippen molar-refractivity contribution in [2.24, 2.45) is 5.92 Å². The quantitative estimate of drug-likeness (QED) is 0.945. The first-order valence-corrected chi connectivity index (χ1v) is 6.91. The number of halogens is 1. The summed E-state index contributed by atoms with van der Waals surface area (Å²) in [6.45, 7) is 2.64. The van der Waals surface area contributed by atoms with Gasteiger partial charge in [0.15, 0.2) is 0 Å². The molecule has 0 unspecified atom stereocenters. The molecule has 0 radical (unpaired) electrons. The van der Waals surface area contributed by atoms with Crippen molar-refractivity contribution >= 4 is 28.5 Å². The molecule has 1 aliphatic carbocycles. The Labute approximate surface area is 120 Å². The van der Waals surface area contributed by atoms with E-state index >= 15 is 0 Å².